The third-order valence-electron chi connectivity index (χ3n) is 3.56. The average molecular weight is 364 g/mol. The zero-order valence-electron chi connectivity index (χ0n) is 13.5. The Hall–Kier alpha value is -1.83. The predicted molar refractivity (Wildman–Crippen MR) is 100 cm³/mol. The van der Waals surface area contributed by atoms with Crippen LogP contribution in [0.25, 0.3) is 0 Å². The Bertz CT molecular complexity index is 676. The standard InChI is InChI=1S/C17H20N2O3S2/c1-20-7-6-18-17(23)19(12-14-3-2-10-24-14)13-4-5-15-16(11-13)22-9-8-21-15/h2-5,10-11H,6-9,12H2,1H3,(H,18,23). The Morgan fingerprint density at radius 2 is 2.12 bits per heavy atom. The molecule has 7 heteroatoms. The van der Waals surface area contributed by atoms with E-state index in [1.165, 1.54) is 4.88 Å². The second-order valence-electron chi connectivity index (χ2n) is 5.22. The fourth-order valence-corrected chi connectivity index (χ4v) is 3.36. The molecule has 3 rings (SSSR count). The Labute approximate surface area is 151 Å². The highest BCUT2D eigenvalue weighted by molar-refractivity contribution is 7.80. The lowest BCUT2D eigenvalue weighted by atomic mass is 10.2. The van der Waals surface area contributed by atoms with Crippen molar-refractivity contribution in [2.24, 2.45) is 0 Å². The molecule has 1 aromatic carbocycles. The van der Waals surface area contributed by atoms with Gasteiger partial charge in [0.25, 0.3) is 0 Å². The molecule has 5 nitrogen and oxygen atoms in total. The van der Waals surface area contributed by atoms with Gasteiger partial charge >= 0.3 is 0 Å². The largest absolute Gasteiger partial charge is 0.486 e. The van der Waals surface area contributed by atoms with Crippen molar-refractivity contribution in [1.29, 1.82) is 0 Å². The highest BCUT2D eigenvalue weighted by atomic mass is 32.1. The highest BCUT2D eigenvalue weighted by Crippen LogP contribution is 2.34. The first kappa shape index (κ1) is 17.0. The maximum atomic E-state index is 5.70. The van der Waals surface area contributed by atoms with Gasteiger partial charge in [0, 0.05) is 30.3 Å². The minimum absolute atomic E-state index is 0.567. The van der Waals surface area contributed by atoms with Crippen LogP contribution in [0.1, 0.15) is 4.88 Å². The van der Waals surface area contributed by atoms with Crippen LogP contribution in [0.3, 0.4) is 0 Å². The van der Waals surface area contributed by atoms with E-state index in [0.717, 1.165) is 17.2 Å². The van der Waals surface area contributed by atoms with Gasteiger partial charge in [-0.1, -0.05) is 6.07 Å². The molecular formula is C17H20N2O3S2. The van der Waals surface area contributed by atoms with E-state index in [1.807, 2.05) is 24.3 Å². The van der Waals surface area contributed by atoms with E-state index in [0.29, 0.717) is 38.0 Å². The molecule has 0 aliphatic carbocycles. The number of thiophene rings is 1. The van der Waals surface area contributed by atoms with E-state index in [-0.39, 0.29) is 0 Å². The smallest absolute Gasteiger partial charge is 0.173 e. The Morgan fingerprint density at radius 1 is 1.29 bits per heavy atom. The van der Waals surface area contributed by atoms with Crippen molar-refractivity contribution in [3.63, 3.8) is 0 Å². The highest BCUT2D eigenvalue weighted by Gasteiger charge is 2.18. The van der Waals surface area contributed by atoms with Gasteiger partial charge < -0.3 is 24.4 Å². The summed E-state index contributed by atoms with van der Waals surface area (Å²) in [5.74, 6) is 1.54. The molecule has 2 aromatic rings. The molecule has 0 unspecified atom stereocenters. The summed E-state index contributed by atoms with van der Waals surface area (Å²) in [4.78, 5) is 3.30. The molecule has 128 valence electrons. The number of nitrogens with one attached hydrogen (secondary N) is 1. The topological polar surface area (TPSA) is 43.0 Å². The van der Waals surface area contributed by atoms with Crippen LogP contribution in [-0.2, 0) is 11.3 Å². The first-order valence-electron chi connectivity index (χ1n) is 7.74. The Kier molecular flexibility index (Phi) is 5.90. The van der Waals surface area contributed by atoms with E-state index >= 15 is 0 Å². The molecule has 24 heavy (non-hydrogen) atoms. The molecular weight excluding hydrogens is 344 g/mol. The Morgan fingerprint density at radius 3 is 2.88 bits per heavy atom. The second kappa shape index (κ2) is 8.32. The van der Waals surface area contributed by atoms with Crippen LogP contribution in [0.5, 0.6) is 11.5 Å². The summed E-state index contributed by atoms with van der Waals surface area (Å²) in [6, 6.07) is 10.1. The predicted octanol–water partition coefficient (Wildman–Crippen LogP) is 3.05. The van der Waals surface area contributed by atoms with Crippen molar-refractivity contribution in [1.82, 2.24) is 5.32 Å². The van der Waals surface area contributed by atoms with Gasteiger partial charge in [-0.05, 0) is 35.8 Å². The second-order valence-corrected chi connectivity index (χ2v) is 6.64. The number of methoxy groups -OCH3 is 1. The van der Waals surface area contributed by atoms with Gasteiger partial charge in [-0.2, -0.15) is 0 Å². The van der Waals surface area contributed by atoms with Gasteiger partial charge in [0.2, 0.25) is 0 Å². The van der Waals surface area contributed by atoms with Crippen LogP contribution in [0.15, 0.2) is 35.7 Å². The van der Waals surface area contributed by atoms with Crippen LogP contribution >= 0.6 is 23.6 Å². The summed E-state index contributed by atoms with van der Waals surface area (Å²) in [7, 11) is 1.68. The summed E-state index contributed by atoms with van der Waals surface area (Å²) in [5.41, 5.74) is 0.975. The molecule has 0 atom stereocenters. The molecule has 0 spiro atoms. The number of anilines is 1. The van der Waals surface area contributed by atoms with Gasteiger partial charge in [-0.3, -0.25) is 0 Å². The third kappa shape index (κ3) is 4.17. The average Bonchev–Trinajstić information content (AvgIpc) is 3.12. The number of hydrogen-bond acceptors (Lipinski definition) is 5. The molecule has 2 heterocycles. The molecule has 0 saturated heterocycles. The minimum Gasteiger partial charge on any atom is -0.486 e. The van der Waals surface area contributed by atoms with Crippen molar-refractivity contribution < 1.29 is 14.2 Å². The molecule has 0 radical (unpaired) electrons. The SMILES string of the molecule is COCCNC(=S)N(Cc1cccs1)c1ccc2c(c1)OCCO2. The number of hydrogen-bond donors (Lipinski definition) is 1. The fraction of sp³-hybridized carbons (Fsp3) is 0.353. The van der Waals surface area contributed by atoms with E-state index in [4.69, 9.17) is 26.4 Å². The van der Waals surface area contributed by atoms with Crippen LogP contribution in [-0.4, -0.2) is 38.6 Å². The van der Waals surface area contributed by atoms with Gasteiger partial charge in [-0.25, -0.2) is 0 Å². The van der Waals surface area contributed by atoms with E-state index in [9.17, 15) is 0 Å². The number of fused-ring (bicyclic) bond motifs is 1. The van der Waals surface area contributed by atoms with Crippen molar-refractivity contribution in [2.45, 2.75) is 6.54 Å². The number of benzene rings is 1. The Balaban J connectivity index is 1.81. The van der Waals surface area contributed by atoms with Crippen LogP contribution in [0, 0.1) is 0 Å². The monoisotopic (exact) mass is 364 g/mol. The van der Waals surface area contributed by atoms with Gasteiger partial charge in [-0.15, -0.1) is 11.3 Å². The normalized spacial score (nSPS) is 12.7. The zero-order chi connectivity index (χ0) is 16.8. The van der Waals surface area contributed by atoms with Crippen molar-refractivity contribution >= 4 is 34.4 Å². The number of rotatable bonds is 6. The molecule has 1 aromatic heterocycles. The quantitative estimate of drug-likeness (QED) is 0.628. The van der Waals surface area contributed by atoms with Crippen LogP contribution < -0.4 is 19.7 Å². The molecule has 0 saturated carbocycles. The third-order valence-corrected chi connectivity index (χ3v) is 4.78. The fourth-order valence-electron chi connectivity index (χ4n) is 2.39. The lowest BCUT2D eigenvalue weighted by molar-refractivity contribution is 0.171. The number of thiocarbonyl (C=S) groups is 1. The van der Waals surface area contributed by atoms with Gasteiger partial charge in [0.05, 0.1) is 13.2 Å². The lowest BCUT2D eigenvalue weighted by Gasteiger charge is -2.27. The number of nitrogens with zero attached hydrogens (tertiary/aromatic N) is 1. The summed E-state index contributed by atoms with van der Waals surface area (Å²) in [6.45, 7) is 3.13. The van der Waals surface area contributed by atoms with Crippen LogP contribution in [0.2, 0.25) is 0 Å². The van der Waals surface area contributed by atoms with E-state index in [2.05, 4.69) is 21.7 Å². The van der Waals surface area contributed by atoms with E-state index in [1.54, 1.807) is 18.4 Å². The summed E-state index contributed by atoms with van der Waals surface area (Å²) >= 11 is 7.30. The molecule has 1 aliphatic heterocycles. The number of ether oxygens (including phenoxy) is 3. The van der Waals surface area contributed by atoms with Gasteiger partial charge in [0.15, 0.2) is 16.6 Å². The summed E-state index contributed by atoms with van der Waals surface area (Å²) in [5, 5.41) is 5.97. The zero-order valence-corrected chi connectivity index (χ0v) is 15.1. The lowest BCUT2D eigenvalue weighted by Crippen LogP contribution is -2.40. The van der Waals surface area contributed by atoms with Crippen molar-refractivity contribution in [3.8, 4) is 11.5 Å². The van der Waals surface area contributed by atoms with Crippen molar-refractivity contribution in [3.05, 3.63) is 40.6 Å². The maximum Gasteiger partial charge on any atom is 0.173 e. The molecule has 0 amide bonds. The van der Waals surface area contributed by atoms with Gasteiger partial charge in [0.1, 0.15) is 13.2 Å². The molecule has 1 aliphatic rings. The van der Waals surface area contributed by atoms with Crippen LogP contribution in [0.4, 0.5) is 5.69 Å². The maximum absolute atomic E-state index is 5.70. The minimum atomic E-state index is 0.567. The summed E-state index contributed by atoms with van der Waals surface area (Å²) in [6.07, 6.45) is 0. The van der Waals surface area contributed by atoms with Crippen molar-refractivity contribution in [2.75, 3.05) is 38.4 Å². The molecule has 1 N–H and O–H groups in total. The molecule has 0 fully saturated rings. The summed E-state index contributed by atoms with van der Waals surface area (Å²) < 4.78 is 16.4. The first-order chi connectivity index (χ1) is 11.8. The molecule has 0 bridgehead atoms. The first-order valence-corrected chi connectivity index (χ1v) is 9.03. The van der Waals surface area contributed by atoms with E-state index < -0.39 is 0 Å².